The average Bonchev–Trinajstić information content (AvgIpc) is 2.73. The predicted octanol–water partition coefficient (Wildman–Crippen LogP) is 2.74. The van der Waals surface area contributed by atoms with E-state index in [1.54, 1.807) is 26.4 Å². The molecule has 0 saturated heterocycles. The van der Waals surface area contributed by atoms with Crippen LogP contribution in [0.4, 0.5) is 4.39 Å². The molecule has 2 aromatic carbocycles. The van der Waals surface area contributed by atoms with Gasteiger partial charge in [-0.1, -0.05) is 0 Å². The molecule has 1 aliphatic rings. The smallest absolute Gasteiger partial charge is 0.237 e. The molecule has 0 aliphatic carbocycles. The molecule has 156 valence electrons. The number of carbonyl (C=O) groups excluding carboxylic acids is 1. The van der Waals surface area contributed by atoms with Crippen molar-refractivity contribution in [3.8, 4) is 17.2 Å². The van der Waals surface area contributed by atoms with Crippen LogP contribution in [0.15, 0.2) is 36.4 Å². The van der Waals surface area contributed by atoms with Gasteiger partial charge >= 0.3 is 0 Å². The lowest BCUT2D eigenvalue weighted by molar-refractivity contribution is -0.133. The molecule has 2 aromatic rings. The third-order valence-electron chi connectivity index (χ3n) is 5.03. The summed E-state index contributed by atoms with van der Waals surface area (Å²) in [5, 5.41) is 0. The van der Waals surface area contributed by atoms with E-state index in [1.807, 2.05) is 29.0 Å². The fourth-order valence-corrected chi connectivity index (χ4v) is 3.36. The van der Waals surface area contributed by atoms with Gasteiger partial charge in [0.25, 0.3) is 0 Å². The number of hydrogen-bond donors (Lipinski definition) is 0. The highest BCUT2D eigenvalue weighted by molar-refractivity contribution is 5.78. The quantitative estimate of drug-likeness (QED) is 0.680. The first-order chi connectivity index (χ1) is 14.0. The molecule has 0 spiro atoms. The number of benzene rings is 2. The highest BCUT2D eigenvalue weighted by Gasteiger charge is 2.23. The van der Waals surface area contributed by atoms with E-state index >= 15 is 0 Å². The molecule has 0 aromatic heterocycles. The summed E-state index contributed by atoms with van der Waals surface area (Å²) in [6.45, 7) is 2.58. The monoisotopic (exact) mass is 402 g/mol. The molecule has 0 saturated carbocycles. The van der Waals surface area contributed by atoms with E-state index in [2.05, 4.69) is 0 Å². The van der Waals surface area contributed by atoms with Gasteiger partial charge in [0.1, 0.15) is 18.2 Å². The minimum atomic E-state index is -0.292. The number of nitrogens with zero attached hydrogens (tertiary/aromatic N) is 2. The van der Waals surface area contributed by atoms with Gasteiger partial charge in [0.15, 0.2) is 11.5 Å². The molecule has 1 aliphatic heterocycles. The molecule has 1 heterocycles. The zero-order chi connectivity index (χ0) is 20.8. The van der Waals surface area contributed by atoms with Crippen LogP contribution in [0.3, 0.4) is 0 Å². The number of carbonyl (C=O) groups is 1. The maximum atomic E-state index is 12.9. The van der Waals surface area contributed by atoms with E-state index in [4.69, 9.17) is 14.2 Å². The standard InChI is InChI=1S/C22H27FN2O4/c1-24(10-11-29-19-6-4-18(23)5-7-19)15-22(26)25-9-8-16-12-20(27-2)21(28-3)13-17(16)14-25/h4-7,12-13H,8-11,14-15H2,1-3H3. The van der Waals surface area contributed by atoms with E-state index in [0.29, 0.717) is 50.0 Å². The van der Waals surface area contributed by atoms with Gasteiger partial charge in [-0.3, -0.25) is 9.69 Å². The molecule has 0 fully saturated rings. The lowest BCUT2D eigenvalue weighted by atomic mass is 9.98. The molecule has 1 amide bonds. The number of methoxy groups -OCH3 is 2. The Kier molecular flexibility index (Phi) is 6.93. The zero-order valence-corrected chi connectivity index (χ0v) is 17.1. The number of halogens is 1. The Morgan fingerprint density at radius 2 is 1.76 bits per heavy atom. The summed E-state index contributed by atoms with van der Waals surface area (Å²) in [5.74, 6) is 1.79. The number of amides is 1. The number of likely N-dealkylation sites (N-methyl/N-ethyl adjacent to an activating group) is 1. The van der Waals surface area contributed by atoms with Crippen LogP contribution in [0, 0.1) is 5.82 Å². The Bertz CT molecular complexity index is 841. The maximum absolute atomic E-state index is 12.9. The first-order valence-corrected chi connectivity index (χ1v) is 9.58. The molecular weight excluding hydrogens is 375 g/mol. The van der Waals surface area contributed by atoms with E-state index in [9.17, 15) is 9.18 Å². The van der Waals surface area contributed by atoms with Gasteiger partial charge in [0, 0.05) is 19.6 Å². The van der Waals surface area contributed by atoms with Gasteiger partial charge in [-0.05, 0) is 61.0 Å². The molecule has 0 N–H and O–H groups in total. The Labute approximate surface area is 170 Å². The molecule has 3 rings (SSSR count). The zero-order valence-electron chi connectivity index (χ0n) is 17.1. The van der Waals surface area contributed by atoms with Gasteiger partial charge in [0.2, 0.25) is 5.91 Å². The van der Waals surface area contributed by atoms with Gasteiger partial charge in [-0.15, -0.1) is 0 Å². The lowest BCUT2D eigenvalue weighted by Gasteiger charge is -2.31. The molecule has 0 unspecified atom stereocenters. The number of fused-ring (bicyclic) bond motifs is 1. The van der Waals surface area contributed by atoms with E-state index in [0.717, 1.165) is 12.0 Å². The third-order valence-corrected chi connectivity index (χ3v) is 5.03. The molecule has 7 heteroatoms. The topological polar surface area (TPSA) is 51.2 Å². The summed E-state index contributed by atoms with van der Waals surface area (Å²) in [6, 6.07) is 9.86. The maximum Gasteiger partial charge on any atom is 0.237 e. The second-order valence-electron chi connectivity index (χ2n) is 7.08. The summed E-state index contributed by atoms with van der Waals surface area (Å²) < 4.78 is 29.2. The van der Waals surface area contributed by atoms with E-state index in [-0.39, 0.29) is 11.7 Å². The van der Waals surface area contributed by atoms with Crippen LogP contribution in [0.25, 0.3) is 0 Å². The van der Waals surface area contributed by atoms with E-state index in [1.165, 1.54) is 17.7 Å². The Balaban J connectivity index is 1.50. The third kappa shape index (κ3) is 5.38. The highest BCUT2D eigenvalue weighted by atomic mass is 19.1. The summed E-state index contributed by atoms with van der Waals surface area (Å²) in [6.07, 6.45) is 0.790. The molecule has 29 heavy (non-hydrogen) atoms. The van der Waals surface area contributed by atoms with Gasteiger partial charge in [-0.25, -0.2) is 4.39 Å². The minimum absolute atomic E-state index is 0.0784. The number of rotatable bonds is 8. The summed E-state index contributed by atoms with van der Waals surface area (Å²) >= 11 is 0. The molecule has 0 bridgehead atoms. The number of ether oxygens (including phenoxy) is 3. The van der Waals surface area contributed by atoms with Crippen LogP contribution in [0.1, 0.15) is 11.1 Å². The van der Waals surface area contributed by atoms with Crippen molar-refractivity contribution in [2.24, 2.45) is 0 Å². The van der Waals surface area contributed by atoms with Crippen molar-refractivity contribution in [1.29, 1.82) is 0 Å². The summed E-state index contributed by atoms with van der Waals surface area (Å²) in [4.78, 5) is 16.5. The first kappa shape index (κ1) is 20.9. The predicted molar refractivity (Wildman–Crippen MR) is 108 cm³/mol. The van der Waals surface area contributed by atoms with Crippen molar-refractivity contribution in [1.82, 2.24) is 9.80 Å². The first-order valence-electron chi connectivity index (χ1n) is 9.58. The second-order valence-corrected chi connectivity index (χ2v) is 7.08. The highest BCUT2D eigenvalue weighted by Crippen LogP contribution is 2.33. The fraction of sp³-hybridized carbons (Fsp3) is 0.409. The molecule has 6 nitrogen and oxygen atoms in total. The van der Waals surface area contributed by atoms with Crippen LogP contribution in [-0.4, -0.2) is 63.2 Å². The largest absolute Gasteiger partial charge is 0.493 e. The average molecular weight is 402 g/mol. The van der Waals surface area contributed by atoms with Crippen molar-refractivity contribution in [2.45, 2.75) is 13.0 Å². The lowest BCUT2D eigenvalue weighted by Crippen LogP contribution is -2.42. The van der Waals surface area contributed by atoms with Crippen LogP contribution in [0.5, 0.6) is 17.2 Å². The number of hydrogen-bond acceptors (Lipinski definition) is 5. The molecular formula is C22H27FN2O4. The Morgan fingerprint density at radius 1 is 1.10 bits per heavy atom. The second kappa shape index (κ2) is 9.60. The van der Waals surface area contributed by atoms with Crippen LogP contribution in [0.2, 0.25) is 0 Å². The van der Waals surface area contributed by atoms with Gasteiger partial charge in [-0.2, -0.15) is 0 Å². The van der Waals surface area contributed by atoms with Crippen molar-refractivity contribution in [2.75, 3.05) is 47.5 Å². The Hall–Kier alpha value is -2.80. The fourth-order valence-electron chi connectivity index (χ4n) is 3.36. The van der Waals surface area contributed by atoms with Crippen molar-refractivity contribution < 1.29 is 23.4 Å². The minimum Gasteiger partial charge on any atom is -0.493 e. The SMILES string of the molecule is COc1cc2c(cc1OC)CN(C(=O)CN(C)CCOc1ccc(F)cc1)CC2. The van der Waals surface area contributed by atoms with Crippen LogP contribution >= 0.6 is 0 Å². The van der Waals surface area contributed by atoms with Crippen molar-refractivity contribution >= 4 is 5.91 Å². The van der Waals surface area contributed by atoms with Gasteiger partial charge < -0.3 is 19.1 Å². The van der Waals surface area contributed by atoms with Crippen LogP contribution in [-0.2, 0) is 17.8 Å². The molecule has 0 radical (unpaired) electrons. The van der Waals surface area contributed by atoms with Gasteiger partial charge in [0.05, 0.1) is 20.8 Å². The normalized spacial score (nSPS) is 13.2. The summed E-state index contributed by atoms with van der Waals surface area (Å²) in [7, 11) is 5.12. The summed E-state index contributed by atoms with van der Waals surface area (Å²) in [5.41, 5.74) is 2.28. The van der Waals surface area contributed by atoms with Crippen LogP contribution < -0.4 is 14.2 Å². The Morgan fingerprint density at radius 3 is 2.41 bits per heavy atom. The van der Waals surface area contributed by atoms with Crippen molar-refractivity contribution in [3.63, 3.8) is 0 Å². The van der Waals surface area contributed by atoms with Crippen molar-refractivity contribution in [3.05, 3.63) is 53.3 Å². The molecule has 0 atom stereocenters. The van der Waals surface area contributed by atoms with E-state index < -0.39 is 0 Å².